The number of hydrogen-bond acceptors (Lipinski definition) is 4. The molecular weight excluding hydrogens is 447 g/mol. The molecular formula is C18H17ClF3N3O4S. The molecule has 3 N–H and O–H groups in total. The molecule has 0 spiro atoms. The molecule has 0 bridgehead atoms. The number of halogens is 4. The molecule has 30 heavy (non-hydrogen) atoms. The number of rotatable bonds is 8. The lowest BCUT2D eigenvalue weighted by Crippen LogP contribution is -2.33. The average molecular weight is 464 g/mol. The van der Waals surface area contributed by atoms with Gasteiger partial charge in [-0.05, 0) is 42.5 Å². The highest BCUT2D eigenvalue weighted by molar-refractivity contribution is 7.89. The van der Waals surface area contributed by atoms with Crippen molar-refractivity contribution in [2.45, 2.75) is 17.5 Å². The van der Waals surface area contributed by atoms with Crippen LogP contribution in [0.2, 0.25) is 5.02 Å². The van der Waals surface area contributed by atoms with E-state index in [1.807, 2.05) is 0 Å². The Morgan fingerprint density at radius 1 is 1.03 bits per heavy atom. The van der Waals surface area contributed by atoms with Gasteiger partial charge >= 0.3 is 6.18 Å². The van der Waals surface area contributed by atoms with Crippen molar-refractivity contribution in [3.63, 3.8) is 0 Å². The number of carbonyl (C=O) groups excluding carboxylic acids is 2. The summed E-state index contributed by atoms with van der Waals surface area (Å²) in [4.78, 5) is 23.8. The minimum Gasteiger partial charge on any atom is -0.343 e. The van der Waals surface area contributed by atoms with Crippen molar-refractivity contribution in [1.29, 1.82) is 0 Å². The first-order valence-electron chi connectivity index (χ1n) is 8.46. The average Bonchev–Trinajstić information content (AvgIpc) is 2.66. The topological polar surface area (TPSA) is 104 Å². The van der Waals surface area contributed by atoms with Gasteiger partial charge in [0.2, 0.25) is 15.9 Å². The summed E-state index contributed by atoms with van der Waals surface area (Å²) in [5.41, 5.74) is 0.112. The molecule has 0 fully saturated rings. The molecule has 0 radical (unpaired) electrons. The van der Waals surface area contributed by atoms with Crippen molar-refractivity contribution in [2.24, 2.45) is 0 Å². The smallest absolute Gasteiger partial charge is 0.343 e. The van der Waals surface area contributed by atoms with Crippen LogP contribution in [0, 0.1) is 0 Å². The summed E-state index contributed by atoms with van der Waals surface area (Å²) < 4.78 is 63.1. The number of hydrogen-bond donors (Lipinski definition) is 3. The van der Waals surface area contributed by atoms with Crippen molar-refractivity contribution in [2.75, 3.05) is 18.4 Å². The zero-order valence-corrected chi connectivity index (χ0v) is 16.9. The fraction of sp³-hybridized carbons (Fsp3) is 0.222. The number of sulfonamides is 1. The minimum atomic E-state index is -4.54. The predicted octanol–water partition coefficient (Wildman–Crippen LogP) is 2.94. The second-order valence-corrected chi connectivity index (χ2v) is 8.23. The monoisotopic (exact) mass is 463 g/mol. The number of alkyl halides is 3. The maximum absolute atomic E-state index is 12.2. The second-order valence-electron chi connectivity index (χ2n) is 6.03. The molecule has 0 aromatic heterocycles. The predicted molar refractivity (Wildman–Crippen MR) is 105 cm³/mol. The molecule has 2 aromatic carbocycles. The molecule has 12 heteroatoms. The van der Waals surface area contributed by atoms with E-state index in [0.717, 1.165) is 0 Å². The Morgan fingerprint density at radius 2 is 1.70 bits per heavy atom. The Labute approximate surface area is 175 Å². The van der Waals surface area contributed by atoms with Crippen LogP contribution in [0.1, 0.15) is 16.8 Å². The Kier molecular flexibility index (Phi) is 7.82. The molecule has 0 heterocycles. The van der Waals surface area contributed by atoms with Crippen molar-refractivity contribution in [3.8, 4) is 0 Å². The van der Waals surface area contributed by atoms with Gasteiger partial charge in [0.15, 0.2) is 0 Å². The van der Waals surface area contributed by atoms with Gasteiger partial charge in [-0.2, -0.15) is 13.2 Å². The van der Waals surface area contributed by atoms with E-state index in [-0.39, 0.29) is 29.1 Å². The summed E-state index contributed by atoms with van der Waals surface area (Å²) in [6, 6.07) is 10.8. The van der Waals surface area contributed by atoms with E-state index in [1.54, 1.807) is 5.32 Å². The van der Waals surface area contributed by atoms with Crippen molar-refractivity contribution >= 4 is 39.1 Å². The standard InChI is InChI=1S/C18H17ClF3N3O4S/c19-13-4-6-15(7-5-13)30(28,29)24-9-8-16(26)25-14-3-1-2-12(10-14)17(27)23-11-18(20,21)22/h1-7,10,24H,8-9,11H2,(H,23,27)(H,25,26). The van der Waals surface area contributed by atoms with Gasteiger partial charge < -0.3 is 10.6 Å². The SMILES string of the molecule is O=C(CCNS(=O)(=O)c1ccc(Cl)cc1)Nc1cccc(C(=O)NCC(F)(F)F)c1. The molecule has 0 unspecified atom stereocenters. The summed E-state index contributed by atoms with van der Waals surface area (Å²) in [5, 5.41) is 4.55. The van der Waals surface area contributed by atoms with Gasteiger partial charge in [0.25, 0.3) is 5.91 Å². The van der Waals surface area contributed by atoms with E-state index in [0.29, 0.717) is 5.02 Å². The highest BCUT2D eigenvalue weighted by Gasteiger charge is 2.27. The van der Waals surface area contributed by atoms with Crippen LogP contribution >= 0.6 is 11.6 Å². The normalized spacial score (nSPS) is 11.7. The van der Waals surface area contributed by atoms with Crippen LogP contribution in [0.5, 0.6) is 0 Å². The number of anilines is 1. The largest absolute Gasteiger partial charge is 0.405 e. The fourth-order valence-corrected chi connectivity index (χ4v) is 3.40. The highest BCUT2D eigenvalue weighted by Crippen LogP contribution is 2.15. The fourth-order valence-electron chi connectivity index (χ4n) is 2.24. The Hall–Kier alpha value is -2.63. The number of benzene rings is 2. The minimum absolute atomic E-state index is 0.00937. The van der Waals surface area contributed by atoms with Crippen LogP contribution in [0.15, 0.2) is 53.4 Å². The highest BCUT2D eigenvalue weighted by atomic mass is 35.5. The lowest BCUT2D eigenvalue weighted by atomic mass is 10.2. The summed E-state index contributed by atoms with van der Waals surface area (Å²) >= 11 is 5.71. The van der Waals surface area contributed by atoms with Crippen LogP contribution < -0.4 is 15.4 Å². The quantitative estimate of drug-likeness (QED) is 0.560. The maximum atomic E-state index is 12.2. The molecule has 0 saturated carbocycles. The maximum Gasteiger partial charge on any atom is 0.405 e. The molecule has 0 atom stereocenters. The second kappa shape index (κ2) is 9.92. The van der Waals surface area contributed by atoms with Gasteiger partial charge in [-0.15, -0.1) is 0 Å². The van der Waals surface area contributed by atoms with Gasteiger partial charge in [-0.3, -0.25) is 9.59 Å². The zero-order chi connectivity index (χ0) is 22.4. The van der Waals surface area contributed by atoms with Gasteiger partial charge in [0.1, 0.15) is 6.54 Å². The van der Waals surface area contributed by atoms with Crippen LogP contribution in [0.4, 0.5) is 18.9 Å². The van der Waals surface area contributed by atoms with Gasteiger partial charge in [0.05, 0.1) is 4.90 Å². The Bertz CT molecular complexity index is 1010. The molecule has 2 rings (SSSR count). The van der Waals surface area contributed by atoms with E-state index in [9.17, 15) is 31.2 Å². The lowest BCUT2D eigenvalue weighted by molar-refractivity contribution is -0.123. The number of nitrogens with one attached hydrogen (secondary N) is 3. The summed E-state index contributed by atoms with van der Waals surface area (Å²) in [6.45, 7) is -1.67. The molecule has 7 nitrogen and oxygen atoms in total. The Morgan fingerprint density at radius 3 is 2.33 bits per heavy atom. The summed E-state index contributed by atoms with van der Waals surface area (Å²) in [6.07, 6.45) is -4.75. The van der Waals surface area contributed by atoms with Crippen LogP contribution in [-0.4, -0.2) is 39.5 Å². The van der Waals surface area contributed by atoms with E-state index >= 15 is 0 Å². The molecule has 0 aliphatic rings. The van der Waals surface area contributed by atoms with E-state index < -0.39 is 34.6 Å². The first kappa shape index (κ1) is 23.6. The van der Waals surface area contributed by atoms with Crippen molar-refractivity contribution in [3.05, 3.63) is 59.1 Å². The van der Waals surface area contributed by atoms with Crippen LogP contribution in [0.3, 0.4) is 0 Å². The van der Waals surface area contributed by atoms with Crippen molar-refractivity contribution in [1.82, 2.24) is 10.0 Å². The number of carbonyl (C=O) groups is 2. The van der Waals surface area contributed by atoms with E-state index in [4.69, 9.17) is 11.6 Å². The van der Waals surface area contributed by atoms with E-state index in [1.165, 1.54) is 48.5 Å². The van der Waals surface area contributed by atoms with Gasteiger partial charge in [0, 0.05) is 29.2 Å². The molecule has 2 amide bonds. The third-order valence-corrected chi connectivity index (χ3v) is 5.35. The Balaban J connectivity index is 1.87. The zero-order valence-electron chi connectivity index (χ0n) is 15.3. The molecule has 0 saturated heterocycles. The summed E-state index contributed by atoms with van der Waals surface area (Å²) in [7, 11) is -3.82. The third-order valence-electron chi connectivity index (χ3n) is 3.63. The molecule has 0 aliphatic carbocycles. The van der Waals surface area contributed by atoms with Crippen LogP contribution in [0.25, 0.3) is 0 Å². The van der Waals surface area contributed by atoms with Crippen molar-refractivity contribution < 1.29 is 31.2 Å². The van der Waals surface area contributed by atoms with Crippen LogP contribution in [-0.2, 0) is 14.8 Å². The molecule has 0 aliphatic heterocycles. The van der Waals surface area contributed by atoms with Gasteiger partial charge in [-0.25, -0.2) is 13.1 Å². The first-order valence-corrected chi connectivity index (χ1v) is 10.3. The lowest BCUT2D eigenvalue weighted by Gasteiger charge is -2.10. The molecule has 162 valence electrons. The summed E-state index contributed by atoms with van der Waals surface area (Å²) in [5.74, 6) is -1.50. The van der Waals surface area contributed by atoms with E-state index in [2.05, 4.69) is 10.0 Å². The third kappa shape index (κ3) is 7.65. The van der Waals surface area contributed by atoms with Gasteiger partial charge in [-0.1, -0.05) is 17.7 Å². The number of amides is 2. The molecule has 2 aromatic rings. The first-order chi connectivity index (χ1) is 14.0.